The van der Waals surface area contributed by atoms with Crippen molar-refractivity contribution < 1.29 is 33.2 Å². The molecule has 0 radical (unpaired) electrons. The molecule has 5 heterocycles. The van der Waals surface area contributed by atoms with Crippen LogP contribution in [0.3, 0.4) is 0 Å². The van der Waals surface area contributed by atoms with Crippen molar-refractivity contribution >= 4 is 22.8 Å². The van der Waals surface area contributed by atoms with Crippen LogP contribution in [0.25, 0.3) is 11.0 Å². The Labute approximate surface area is 212 Å². The van der Waals surface area contributed by atoms with Crippen LogP contribution in [0.15, 0.2) is 36.5 Å². The number of piperidine rings is 1. The van der Waals surface area contributed by atoms with Gasteiger partial charge in [0.05, 0.1) is 30.6 Å². The minimum absolute atomic E-state index is 0.0800. The predicted molar refractivity (Wildman–Crippen MR) is 131 cm³/mol. The molecule has 2 fully saturated rings. The molecule has 3 aromatic rings. The van der Waals surface area contributed by atoms with Gasteiger partial charge >= 0.3 is 6.09 Å². The molecule has 1 aromatic carbocycles. The third kappa shape index (κ3) is 4.49. The first-order valence-electron chi connectivity index (χ1n) is 12.3. The van der Waals surface area contributed by atoms with Crippen LogP contribution in [0.5, 0.6) is 17.4 Å². The van der Waals surface area contributed by atoms with E-state index in [0.717, 1.165) is 12.6 Å². The van der Waals surface area contributed by atoms with Crippen molar-refractivity contribution in [1.29, 1.82) is 0 Å². The highest BCUT2D eigenvalue weighted by Crippen LogP contribution is 2.37. The molecule has 0 bridgehead atoms. The quantitative estimate of drug-likeness (QED) is 0.555. The first-order valence-corrected chi connectivity index (χ1v) is 12.3. The normalized spacial score (nSPS) is 22.4. The lowest BCUT2D eigenvalue weighted by Crippen LogP contribution is -2.56. The van der Waals surface area contributed by atoms with Crippen molar-refractivity contribution in [1.82, 2.24) is 14.9 Å². The van der Waals surface area contributed by atoms with Gasteiger partial charge in [0.1, 0.15) is 30.7 Å². The minimum atomic E-state index is -1.14. The minimum Gasteiger partial charge on any atom is -0.486 e. The van der Waals surface area contributed by atoms with Gasteiger partial charge in [-0.1, -0.05) is 0 Å². The van der Waals surface area contributed by atoms with Crippen LogP contribution in [-0.4, -0.2) is 78.7 Å². The van der Waals surface area contributed by atoms with E-state index in [4.69, 9.17) is 18.9 Å². The molecule has 37 heavy (non-hydrogen) atoms. The van der Waals surface area contributed by atoms with E-state index in [1.807, 2.05) is 11.0 Å². The predicted octanol–water partition coefficient (Wildman–Crippen LogP) is 2.93. The highest BCUT2D eigenvalue weighted by Gasteiger charge is 2.40. The van der Waals surface area contributed by atoms with E-state index in [1.54, 1.807) is 29.2 Å². The second kappa shape index (κ2) is 9.64. The number of pyridine rings is 2. The van der Waals surface area contributed by atoms with Crippen LogP contribution in [0, 0.1) is 11.7 Å². The summed E-state index contributed by atoms with van der Waals surface area (Å²) in [6.45, 7) is 2.78. The number of carbonyl (C=O) groups is 1. The molecule has 11 heteroatoms. The Morgan fingerprint density at radius 1 is 1.19 bits per heavy atom. The van der Waals surface area contributed by atoms with Gasteiger partial charge in [-0.05, 0) is 31.2 Å². The van der Waals surface area contributed by atoms with Gasteiger partial charge < -0.3 is 24.1 Å². The molecule has 1 N–H and O–H groups in total. The van der Waals surface area contributed by atoms with Crippen LogP contribution in [0.2, 0.25) is 0 Å². The fourth-order valence-electron chi connectivity index (χ4n) is 5.26. The smallest absolute Gasteiger partial charge is 0.414 e. The Morgan fingerprint density at radius 2 is 2.03 bits per heavy atom. The number of β-amino-alcohol motifs (C(OH)–C–C–N with tert-alkyl or cyclic N) is 1. The molecule has 0 saturated carbocycles. The molecule has 3 aliphatic rings. The van der Waals surface area contributed by atoms with Gasteiger partial charge in [-0.25, -0.2) is 14.2 Å². The summed E-state index contributed by atoms with van der Waals surface area (Å²) in [5.41, 5.74) is 1.52. The Morgan fingerprint density at radius 3 is 2.86 bits per heavy atom. The van der Waals surface area contributed by atoms with Crippen LogP contribution < -0.4 is 19.1 Å². The standard InChI is InChI=1S/C26H27FN4O6/c1-34-23-5-3-18-25(29-23)24(17(27)11-28-18)19(32)13-30-7-6-15-12-31(26(33)37-22(15)14-30)16-2-4-20-21(10-16)36-9-8-35-20/h2-5,10-11,15,19,22,32H,6-9,12-14H2,1H3/t15-,19?,22+/m0/s1. The molecule has 0 spiro atoms. The van der Waals surface area contributed by atoms with Crippen LogP contribution >= 0.6 is 0 Å². The third-order valence-corrected chi connectivity index (χ3v) is 7.16. The van der Waals surface area contributed by atoms with Crippen molar-refractivity contribution in [3.05, 3.63) is 47.9 Å². The Kier molecular flexibility index (Phi) is 6.17. The van der Waals surface area contributed by atoms with E-state index >= 15 is 0 Å². The molecular formula is C26H27FN4O6. The third-order valence-electron chi connectivity index (χ3n) is 7.16. The lowest BCUT2D eigenvalue weighted by atomic mass is 9.91. The van der Waals surface area contributed by atoms with Gasteiger partial charge in [-0.3, -0.25) is 14.8 Å². The number of hydrogen-bond donors (Lipinski definition) is 1. The van der Waals surface area contributed by atoms with Gasteiger partial charge in [0.15, 0.2) is 11.5 Å². The molecule has 1 amide bonds. The number of fused-ring (bicyclic) bond motifs is 3. The monoisotopic (exact) mass is 510 g/mol. The maximum Gasteiger partial charge on any atom is 0.414 e. The number of nitrogens with zero attached hydrogens (tertiary/aromatic N) is 4. The SMILES string of the molecule is COc1ccc2ncc(F)c(C(O)CN3CC[C@H]4CN(c5ccc6c(c5)OCCO6)C(=O)O[C@@H]4C3)c2n1. The highest BCUT2D eigenvalue weighted by atomic mass is 19.1. The average Bonchev–Trinajstić information content (AvgIpc) is 2.91. The summed E-state index contributed by atoms with van der Waals surface area (Å²) in [6, 6.07) is 8.76. The van der Waals surface area contributed by atoms with Crippen molar-refractivity contribution in [2.75, 3.05) is 51.4 Å². The number of hydrogen-bond acceptors (Lipinski definition) is 9. The molecule has 1 unspecified atom stereocenters. The van der Waals surface area contributed by atoms with Crippen LogP contribution in [0.1, 0.15) is 18.1 Å². The van der Waals surface area contributed by atoms with Gasteiger partial charge in [0, 0.05) is 43.2 Å². The summed E-state index contributed by atoms with van der Waals surface area (Å²) in [4.78, 5) is 24.9. The molecular weight excluding hydrogens is 483 g/mol. The molecule has 10 nitrogen and oxygen atoms in total. The maximum absolute atomic E-state index is 14.8. The number of aliphatic hydroxyl groups excluding tert-OH is 1. The molecule has 3 atom stereocenters. The number of methoxy groups -OCH3 is 1. The van der Waals surface area contributed by atoms with Crippen molar-refractivity contribution in [2.24, 2.45) is 5.92 Å². The number of rotatable bonds is 5. The fourth-order valence-corrected chi connectivity index (χ4v) is 5.26. The molecule has 6 rings (SSSR count). The first-order chi connectivity index (χ1) is 18.0. The molecule has 0 aliphatic carbocycles. The molecule has 3 aliphatic heterocycles. The summed E-state index contributed by atoms with van der Waals surface area (Å²) in [5.74, 6) is 1.09. The van der Waals surface area contributed by atoms with Crippen molar-refractivity contribution in [3.8, 4) is 17.4 Å². The summed E-state index contributed by atoms with van der Waals surface area (Å²) in [5, 5.41) is 11.0. The van der Waals surface area contributed by atoms with E-state index in [-0.39, 0.29) is 29.6 Å². The number of benzene rings is 1. The van der Waals surface area contributed by atoms with Gasteiger partial charge in [-0.2, -0.15) is 0 Å². The second-order valence-corrected chi connectivity index (χ2v) is 9.43. The first kappa shape index (κ1) is 23.7. The van der Waals surface area contributed by atoms with E-state index in [0.29, 0.717) is 61.4 Å². The zero-order valence-corrected chi connectivity index (χ0v) is 20.3. The average molecular weight is 511 g/mol. The zero-order valence-electron chi connectivity index (χ0n) is 20.3. The van der Waals surface area contributed by atoms with E-state index < -0.39 is 18.0 Å². The zero-order chi connectivity index (χ0) is 25.5. The van der Waals surface area contributed by atoms with Crippen molar-refractivity contribution in [2.45, 2.75) is 18.6 Å². The number of anilines is 1. The largest absolute Gasteiger partial charge is 0.486 e. The highest BCUT2D eigenvalue weighted by molar-refractivity contribution is 5.89. The van der Waals surface area contributed by atoms with E-state index in [2.05, 4.69) is 9.97 Å². The topological polar surface area (TPSA) is 106 Å². The van der Waals surface area contributed by atoms with E-state index in [1.165, 1.54) is 7.11 Å². The lowest BCUT2D eigenvalue weighted by molar-refractivity contribution is -0.0188. The number of ether oxygens (including phenoxy) is 4. The maximum atomic E-state index is 14.8. The molecule has 2 aromatic heterocycles. The summed E-state index contributed by atoms with van der Waals surface area (Å²) >= 11 is 0. The number of likely N-dealkylation sites (tertiary alicyclic amines) is 1. The van der Waals surface area contributed by atoms with Gasteiger partial charge in [0.2, 0.25) is 5.88 Å². The summed E-state index contributed by atoms with van der Waals surface area (Å²) in [6.07, 6.45) is -0.0364. The lowest BCUT2D eigenvalue weighted by Gasteiger charge is -2.44. The van der Waals surface area contributed by atoms with Gasteiger partial charge in [0.25, 0.3) is 0 Å². The second-order valence-electron chi connectivity index (χ2n) is 9.43. The summed E-state index contributed by atoms with van der Waals surface area (Å²) in [7, 11) is 1.47. The number of halogens is 1. The number of aromatic nitrogens is 2. The van der Waals surface area contributed by atoms with Crippen molar-refractivity contribution in [3.63, 3.8) is 0 Å². The summed E-state index contributed by atoms with van der Waals surface area (Å²) < 4.78 is 37.0. The Hall–Kier alpha value is -3.70. The Bertz CT molecular complexity index is 1340. The molecule has 2 saturated heterocycles. The van der Waals surface area contributed by atoms with Crippen LogP contribution in [0.4, 0.5) is 14.9 Å². The van der Waals surface area contributed by atoms with Gasteiger partial charge in [-0.15, -0.1) is 0 Å². The van der Waals surface area contributed by atoms with E-state index in [9.17, 15) is 14.3 Å². The van der Waals surface area contributed by atoms with Crippen LogP contribution in [-0.2, 0) is 4.74 Å². The number of amides is 1. The fraction of sp³-hybridized carbons (Fsp3) is 0.423. The Balaban J connectivity index is 1.14. The number of carbonyl (C=O) groups excluding carboxylic acids is 1. The molecule has 194 valence electrons. The number of aliphatic hydroxyl groups is 1.